The van der Waals surface area contributed by atoms with Gasteiger partial charge in [-0.15, -0.1) is 0 Å². The van der Waals surface area contributed by atoms with Gasteiger partial charge in [-0.1, -0.05) is 44.2 Å². The second-order valence-corrected chi connectivity index (χ2v) is 8.81. The lowest BCUT2D eigenvalue weighted by molar-refractivity contribution is -0.156. The fourth-order valence-corrected chi connectivity index (χ4v) is 2.69. The molecule has 0 saturated heterocycles. The third kappa shape index (κ3) is 8.05. The Morgan fingerprint density at radius 1 is 1.07 bits per heavy atom. The minimum Gasteiger partial charge on any atom is -0.459 e. The SMILES string of the molecule is [2H]CN(C(=O)[C@H](CC(C)C)N(C)C(=O)OC(C)(C)C)[C@@H](C)C(=O)OCc1ccccc1. The summed E-state index contributed by atoms with van der Waals surface area (Å²) in [4.78, 5) is 40.8. The highest BCUT2D eigenvalue weighted by Gasteiger charge is 2.35. The van der Waals surface area contributed by atoms with Crippen molar-refractivity contribution < 1.29 is 25.2 Å². The van der Waals surface area contributed by atoms with Crippen LogP contribution in [0.25, 0.3) is 0 Å². The second-order valence-electron chi connectivity index (χ2n) is 8.81. The Kier molecular flexibility index (Phi) is 8.69. The fourth-order valence-electron chi connectivity index (χ4n) is 2.69. The van der Waals surface area contributed by atoms with Gasteiger partial charge in [0.25, 0.3) is 0 Å². The molecular weight excluding hydrogens is 384 g/mol. The normalized spacial score (nSPS) is 13.8. The van der Waals surface area contributed by atoms with Crippen molar-refractivity contribution in [2.24, 2.45) is 5.92 Å². The van der Waals surface area contributed by atoms with E-state index in [0.29, 0.717) is 6.42 Å². The molecule has 0 radical (unpaired) electrons. The van der Waals surface area contributed by atoms with E-state index in [9.17, 15) is 14.4 Å². The number of rotatable bonds is 8. The molecule has 7 heteroatoms. The van der Waals surface area contributed by atoms with Gasteiger partial charge in [0, 0.05) is 15.4 Å². The van der Waals surface area contributed by atoms with Gasteiger partial charge in [-0.3, -0.25) is 9.69 Å². The van der Waals surface area contributed by atoms with E-state index in [0.717, 1.165) is 10.5 Å². The molecular formula is C23H36N2O5. The highest BCUT2D eigenvalue weighted by Crippen LogP contribution is 2.18. The van der Waals surface area contributed by atoms with Gasteiger partial charge in [0.15, 0.2) is 0 Å². The van der Waals surface area contributed by atoms with E-state index in [2.05, 4.69) is 0 Å². The number of carbonyl (C=O) groups excluding carboxylic acids is 3. The molecule has 1 aromatic rings. The number of benzene rings is 1. The van der Waals surface area contributed by atoms with Crippen molar-refractivity contribution in [1.29, 1.82) is 0 Å². The highest BCUT2D eigenvalue weighted by molar-refractivity contribution is 5.89. The molecule has 0 heterocycles. The van der Waals surface area contributed by atoms with Crippen LogP contribution in [0.2, 0.25) is 0 Å². The number of nitrogens with zero attached hydrogens (tertiary/aromatic N) is 2. The standard InChI is InChI=1S/C23H36N2O5/c1-16(2)14-19(25(8)22(28)30-23(4,5)6)20(26)24(7)17(3)21(27)29-15-18-12-10-9-11-13-18/h9-13,16-17,19H,14-15H2,1-8H3/t17-,19-/m0/s1/i7D. The minimum atomic E-state index is -0.963. The maximum atomic E-state index is 13.3. The highest BCUT2D eigenvalue weighted by atomic mass is 16.6. The van der Waals surface area contributed by atoms with Crippen LogP contribution in [0, 0.1) is 5.92 Å². The molecule has 1 aromatic carbocycles. The molecule has 0 aliphatic rings. The summed E-state index contributed by atoms with van der Waals surface area (Å²) < 4.78 is 18.6. The zero-order chi connectivity index (χ0) is 23.8. The second kappa shape index (κ2) is 11.0. The first-order valence-corrected chi connectivity index (χ1v) is 10.1. The van der Waals surface area contributed by atoms with Crippen LogP contribution in [0.3, 0.4) is 0 Å². The van der Waals surface area contributed by atoms with Gasteiger partial charge in [0.2, 0.25) is 5.91 Å². The van der Waals surface area contributed by atoms with E-state index in [4.69, 9.17) is 10.8 Å². The average Bonchev–Trinajstić information content (AvgIpc) is 2.69. The van der Waals surface area contributed by atoms with Crippen molar-refractivity contribution >= 4 is 18.0 Å². The molecule has 0 fully saturated rings. The van der Waals surface area contributed by atoms with Crippen LogP contribution in [0.4, 0.5) is 4.79 Å². The van der Waals surface area contributed by atoms with E-state index >= 15 is 0 Å². The molecule has 0 saturated carbocycles. The van der Waals surface area contributed by atoms with Crippen molar-refractivity contribution in [3.8, 4) is 0 Å². The van der Waals surface area contributed by atoms with Gasteiger partial charge in [-0.05, 0) is 45.6 Å². The van der Waals surface area contributed by atoms with Gasteiger partial charge >= 0.3 is 12.1 Å². The Morgan fingerprint density at radius 3 is 2.17 bits per heavy atom. The van der Waals surface area contributed by atoms with E-state index in [1.807, 2.05) is 44.2 Å². The maximum absolute atomic E-state index is 13.3. The molecule has 0 spiro atoms. The molecule has 2 amide bonds. The summed E-state index contributed by atoms with van der Waals surface area (Å²) in [7, 11) is 1.07. The summed E-state index contributed by atoms with van der Waals surface area (Å²) in [6, 6.07) is 7.40. The lowest BCUT2D eigenvalue weighted by atomic mass is 10.0. The lowest BCUT2D eigenvalue weighted by Crippen LogP contribution is -2.53. The van der Waals surface area contributed by atoms with Crippen molar-refractivity contribution in [1.82, 2.24) is 9.80 Å². The predicted molar refractivity (Wildman–Crippen MR) is 116 cm³/mol. The Balaban J connectivity index is 2.95. The number of hydrogen-bond donors (Lipinski definition) is 0. The quantitative estimate of drug-likeness (QED) is 0.596. The molecule has 30 heavy (non-hydrogen) atoms. The van der Waals surface area contributed by atoms with Gasteiger partial charge in [-0.2, -0.15) is 0 Å². The summed E-state index contributed by atoms with van der Waals surface area (Å²) in [6.07, 6.45) is -0.257. The smallest absolute Gasteiger partial charge is 0.410 e. The zero-order valence-corrected chi connectivity index (χ0v) is 19.2. The van der Waals surface area contributed by atoms with Crippen LogP contribution >= 0.6 is 0 Å². The van der Waals surface area contributed by atoms with Crippen LogP contribution < -0.4 is 0 Å². The molecule has 0 bridgehead atoms. The number of hydrogen-bond acceptors (Lipinski definition) is 5. The summed E-state index contributed by atoms with van der Waals surface area (Å²) in [5.41, 5.74) is 0.120. The van der Waals surface area contributed by atoms with Crippen LogP contribution in [0.15, 0.2) is 30.3 Å². The molecule has 7 nitrogen and oxygen atoms in total. The monoisotopic (exact) mass is 421 g/mol. The molecule has 2 atom stereocenters. The van der Waals surface area contributed by atoms with Crippen molar-refractivity contribution in [3.05, 3.63) is 35.9 Å². The lowest BCUT2D eigenvalue weighted by Gasteiger charge is -2.34. The number of likely N-dealkylation sites (N-methyl/N-ethyl adjacent to an activating group) is 2. The van der Waals surface area contributed by atoms with Crippen molar-refractivity contribution in [2.45, 2.75) is 72.3 Å². The number of amides is 2. The minimum absolute atomic E-state index is 0.0806. The van der Waals surface area contributed by atoms with Gasteiger partial charge in [0.05, 0.1) is 0 Å². The van der Waals surface area contributed by atoms with Crippen LogP contribution in [0.5, 0.6) is 0 Å². The summed E-state index contributed by atoms with van der Waals surface area (Å²) in [6.45, 7) is 10.7. The van der Waals surface area contributed by atoms with Gasteiger partial charge in [0.1, 0.15) is 24.3 Å². The van der Waals surface area contributed by atoms with Crippen molar-refractivity contribution in [3.63, 3.8) is 0 Å². The third-order valence-corrected chi connectivity index (χ3v) is 4.44. The molecule has 1 rings (SSSR count). The topological polar surface area (TPSA) is 76.2 Å². The first kappa shape index (κ1) is 23.7. The number of carbonyl (C=O) groups is 3. The first-order valence-electron chi connectivity index (χ1n) is 10.8. The number of esters is 1. The number of ether oxygens (including phenoxy) is 2. The fraction of sp³-hybridized carbons (Fsp3) is 0.609. The molecule has 0 aliphatic carbocycles. The Bertz CT molecular complexity index is 733. The molecule has 0 unspecified atom stereocenters. The van der Waals surface area contributed by atoms with Crippen LogP contribution in [-0.2, 0) is 25.7 Å². The largest absolute Gasteiger partial charge is 0.459 e. The average molecular weight is 422 g/mol. The van der Waals surface area contributed by atoms with Crippen molar-refractivity contribution in [2.75, 3.05) is 14.1 Å². The third-order valence-electron chi connectivity index (χ3n) is 4.44. The first-order chi connectivity index (χ1) is 14.4. The van der Waals surface area contributed by atoms with E-state index in [-0.39, 0.29) is 12.5 Å². The predicted octanol–water partition coefficient (Wildman–Crippen LogP) is 3.86. The Labute approximate surface area is 181 Å². The van der Waals surface area contributed by atoms with Crippen LogP contribution in [-0.4, -0.2) is 59.5 Å². The van der Waals surface area contributed by atoms with E-state index in [1.165, 1.54) is 18.9 Å². The van der Waals surface area contributed by atoms with Gasteiger partial charge in [-0.25, -0.2) is 9.59 Å². The summed E-state index contributed by atoms with van der Waals surface area (Å²) in [5, 5.41) is 0. The molecule has 0 aliphatic heterocycles. The zero-order valence-electron chi connectivity index (χ0n) is 20.2. The Hall–Kier alpha value is -2.57. The van der Waals surface area contributed by atoms with E-state index < -0.39 is 42.7 Å². The molecule has 0 aromatic heterocycles. The molecule has 168 valence electrons. The van der Waals surface area contributed by atoms with Crippen LogP contribution in [0.1, 0.15) is 54.9 Å². The maximum Gasteiger partial charge on any atom is 0.410 e. The Morgan fingerprint density at radius 2 is 1.67 bits per heavy atom. The van der Waals surface area contributed by atoms with Gasteiger partial charge < -0.3 is 14.4 Å². The summed E-state index contributed by atoms with van der Waals surface area (Å²) in [5.74, 6) is -0.986. The summed E-state index contributed by atoms with van der Waals surface area (Å²) >= 11 is 0. The molecule has 0 N–H and O–H groups in total. The van der Waals surface area contributed by atoms with E-state index in [1.54, 1.807) is 20.8 Å².